The van der Waals surface area contributed by atoms with Crippen molar-refractivity contribution in [3.63, 3.8) is 0 Å². The van der Waals surface area contributed by atoms with Crippen LogP contribution in [0, 0.1) is 6.92 Å². The van der Waals surface area contributed by atoms with Crippen molar-refractivity contribution in [2.75, 3.05) is 51.7 Å². The molecule has 3 aliphatic heterocycles. The number of nitrogens with one attached hydrogen (secondary N) is 1. The molecule has 3 aliphatic rings. The first kappa shape index (κ1) is 24.2. The predicted octanol–water partition coefficient (Wildman–Crippen LogP) is 2.79. The van der Waals surface area contributed by atoms with E-state index in [4.69, 9.17) is 9.72 Å². The van der Waals surface area contributed by atoms with Gasteiger partial charge in [0.15, 0.2) is 5.16 Å². The first-order valence-corrected chi connectivity index (χ1v) is 13.5. The van der Waals surface area contributed by atoms with E-state index in [9.17, 15) is 9.59 Å². The standard InChI is InChI=1S/C26H33N5O3S/c1-18-16-27-26(35-14-11-30-9-12-34-13-10-30)29-24(18)19-5-4-8-31(17-19)23(32)15-22-20-6-2-3-7-21(20)25(33)28-22/h2-3,6-7,16,19,22H,4-5,8-15,17H2,1H3,(H,28,33)/t19-,22-/m0/s1. The van der Waals surface area contributed by atoms with E-state index in [1.807, 2.05) is 35.4 Å². The molecule has 0 unspecified atom stereocenters. The molecular weight excluding hydrogens is 462 g/mol. The molecule has 35 heavy (non-hydrogen) atoms. The molecule has 2 aromatic rings. The molecule has 0 aliphatic carbocycles. The number of piperidine rings is 1. The van der Waals surface area contributed by atoms with Crippen molar-refractivity contribution < 1.29 is 14.3 Å². The van der Waals surface area contributed by atoms with Crippen molar-refractivity contribution in [1.29, 1.82) is 0 Å². The molecule has 5 rings (SSSR count). The van der Waals surface area contributed by atoms with Gasteiger partial charge >= 0.3 is 0 Å². The van der Waals surface area contributed by atoms with E-state index < -0.39 is 0 Å². The number of likely N-dealkylation sites (tertiary alicyclic amines) is 1. The Labute approximate surface area is 210 Å². The number of fused-ring (bicyclic) bond motifs is 1. The summed E-state index contributed by atoms with van der Waals surface area (Å²) in [6, 6.07) is 7.29. The fourth-order valence-corrected chi connectivity index (χ4v) is 6.05. The van der Waals surface area contributed by atoms with Crippen LogP contribution in [-0.4, -0.2) is 83.3 Å². The maximum absolute atomic E-state index is 13.2. The Morgan fingerprint density at radius 2 is 2.06 bits per heavy atom. The Balaban J connectivity index is 1.19. The minimum atomic E-state index is -0.248. The highest BCUT2D eigenvalue weighted by molar-refractivity contribution is 7.99. The van der Waals surface area contributed by atoms with Crippen molar-refractivity contribution in [2.24, 2.45) is 0 Å². The van der Waals surface area contributed by atoms with Crippen LogP contribution in [0.1, 0.15) is 58.4 Å². The third-order valence-corrected chi connectivity index (χ3v) is 8.00. The average molecular weight is 496 g/mol. The van der Waals surface area contributed by atoms with Gasteiger partial charge in [0.05, 0.1) is 31.4 Å². The van der Waals surface area contributed by atoms with Gasteiger partial charge < -0.3 is 15.0 Å². The molecule has 8 nitrogen and oxygen atoms in total. The van der Waals surface area contributed by atoms with Crippen molar-refractivity contribution in [3.05, 3.63) is 52.8 Å². The summed E-state index contributed by atoms with van der Waals surface area (Å²) >= 11 is 1.70. The molecule has 2 saturated heterocycles. The van der Waals surface area contributed by atoms with Crippen LogP contribution < -0.4 is 5.32 Å². The number of morpholine rings is 1. The van der Waals surface area contributed by atoms with Crippen LogP contribution in [0.5, 0.6) is 0 Å². The minimum Gasteiger partial charge on any atom is -0.379 e. The summed E-state index contributed by atoms with van der Waals surface area (Å²) in [4.78, 5) is 39.3. The number of carbonyl (C=O) groups excluding carboxylic acids is 2. The molecule has 0 bridgehead atoms. The quantitative estimate of drug-likeness (QED) is 0.467. The van der Waals surface area contributed by atoms with Gasteiger partial charge in [-0.25, -0.2) is 9.97 Å². The zero-order chi connectivity index (χ0) is 24.2. The number of nitrogens with zero attached hydrogens (tertiary/aromatic N) is 4. The predicted molar refractivity (Wildman–Crippen MR) is 135 cm³/mol. The highest BCUT2D eigenvalue weighted by atomic mass is 32.2. The monoisotopic (exact) mass is 495 g/mol. The second kappa shape index (κ2) is 11.1. The minimum absolute atomic E-state index is 0.0866. The topological polar surface area (TPSA) is 87.7 Å². The number of hydrogen-bond acceptors (Lipinski definition) is 7. The van der Waals surface area contributed by atoms with Gasteiger partial charge in [-0.2, -0.15) is 0 Å². The van der Waals surface area contributed by atoms with Crippen molar-refractivity contribution in [3.8, 4) is 0 Å². The van der Waals surface area contributed by atoms with Gasteiger partial charge in [-0.1, -0.05) is 30.0 Å². The molecule has 2 amide bonds. The van der Waals surface area contributed by atoms with Crippen LogP contribution >= 0.6 is 11.8 Å². The highest BCUT2D eigenvalue weighted by Gasteiger charge is 2.33. The van der Waals surface area contributed by atoms with Crippen LogP contribution in [-0.2, 0) is 9.53 Å². The summed E-state index contributed by atoms with van der Waals surface area (Å²) in [6.07, 6.45) is 4.18. The second-order valence-corrected chi connectivity index (χ2v) is 10.6. The summed E-state index contributed by atoms with van der Waals surface area (Å²) in [7, 11) is 0. The van der Waals surface area contributed by atoms with Gasteiger partial charge in [0.1, 0.15) is 0 Å². The first-order valence-electron chi connectivity index (χ1n) is 12.5. The van der Waals surface area contributed by atoms with E-state index in [0.29, 0.717) is 18.5 Å². The van der Waals surface area contributed by atoms with E-state index >= 15 is 0 Å². The lowest BCUT2D eigenvalue weighted by Crippen LogP contribution is -2.40. The van der Waals surface area contributed by atoms with Crippen LogP contribution in [0.15, 0.2) is 35.6 Å². The lowest BCUT2D eigenvalue weighted by Gasteiger charge is -2.33. The highest BCUT2D eigenvalue weighted by Crippen LogP contribution is 2.32. The van der Waals surface area contributed by atoms with E-state index in [-0.39, 0.29) is 23.8 Å². The Bertz CT molecular complexity index is 1070. The Hall–Kier alpha value is -2.49. The zero-order valence-electron chi connectivity index (χ0n) is 20.2. The fraction of sp³-hybridized carbons (Fsp3) is 0.538. The number of ether oxygens (including phenoxy) is 1. The summed E-state index contributed by atoms with van der Waals surface area (Å²) in [5, 5.41) is 3.78. The summed E-state index contributed by atoms with van der Waals surface area (Å²) in [5.74, 6) is 1.15. The van der Waals surface area contributed by atoms with Crippen LogP contribution in [0.3, 0.4) is 0 Å². The number of aromatic nitrogens is 2. The van der Waals surface area contributed by atoms with Crippen molar-refractivity contribution >= 4 is 23.6 Å². The van der Waals surface area contributed by atoms with Gasteiger partial charge in [0.25, 0.3) is 5.91 Å². The lowest BCUT2D eigenvalue weighted by atomic mass is 9.92. The van der Waals surface area contributed by atoms with E-state index in [1.165, 1.54) is 0 Å². The Morgan fingerprint density at radius 1 is 1.23 bits per heavy atom. The number of benzene rings is 1. The molecular formula is C26H33N5O3S. The molecule has 9 heteroatoms. The smallest absolute Gasteiger partial charge is 0.252 e. The van der Waals surface area contributed by atoms with Crippen molar-refractivity contribution in [2.45, 2.75) is 43.3 Å². The zero-order valence-corrected chi connectivity index (χ0v) is 21.1. The van der Waals surface area contributed by atoms with Gasteiger partial charge in [0, 0.05) is 56.2 Å². The fourth-order valence-electron chi connectivity index (χ4n) is 5.22. The third kappa shape index (κ3) is 5.68. The second-order valence-electron chi connectivity index (χ2n) is 9.52. The van der Waals surface area contributed by atoms with Crippen LogP contribution in [0.4, 0.5) is 0 Å². The average Bonchev–Trinajstić information content (AvgIpc) is 3.21. The molecule has 1 aromatic carbocycles. The molecule has 1 aromatic heterocycles. The van der Waals surface area contributed by atoms with Crippen LogP contribution in [0.25, 0.3) is 0 Å². The largest absolute Gasteiger partial charge is 0.379 e. The summed E-state index contributed by atoms with van der Waals surface area (Å²) in [5.41, 5.74) is 3.74. The molecule has 0 radical (unpaired) electrons. The van der Waals surface area contributed by atoms with E-state index in [1.54, 1.807) is 11.8 Å². The van der Waals surface area contributed by atoms with Gasteiger partial charge in [0.2, 0.25) is 5.91 Å². The summed E-state index contributed by atoms with van der Waals surface area (Å²) in [6.45, 7) is 8.08. The van der Waals surface area contributed by atoms with E-state index in [2.05, 4.69) is 22.1 Å². The van der Waals surface area contributed by atoms with Gasteiger partial charge in [-0.05, 0) is 37.0 Å². The maximum atomic E-state index is 13.2. The third-order valence-electron chi connectivity index (χ3n) is 7.16. The van der Waals surface area contributed by atoms with Gasteiger partial charge in [-0.15, -0.1) is 0 Å². The number of carbonyl (C=O) groups is 2. The molecule has 1 N–H and O–H groups in total. The Morgan fingerprint density at radius 3 is 2.91 bits per heavy atom. The first-order chi connectivity index (χ1) is 17.1. The number of hydrogen-bond donors (Lipinski definition) is 1. The van der Waals surface area contributed by atoms with E-state index in [0.717, 1.165) is 80.0 Å². The number of rotatable bonds is 7. The molecule has 2 atom stereocenters. The molecule has 0 saturated carbocycles. The Kier molecular flexibility index (Phi) is 7.65. The van der Waals surface area contributed by atoms with Crippen LogP contribution in [0.2, 0.25) is 0 Å². The molecule has 0 spiro atoms. The number of thioether (sulfide) groups is 1. The SMILES string of the molecule is Cc1cnc(SCCN2CCOCC2)nc1[C@H]1CCCN(C(=O)C[C@@H]2NC(=O)c3ccccc32)C1. The van der Waals surface area contributed by atoms with Crippen molar-refractivity contribution in [1.82, 2.24) is 25.1 Å². The molecule has 186 valence electrons. The lowest BCUT2D eigenvalue weighted by molar-refractivity contribution is -0.132. The maximum Gasteiger partial charge on any atom is 0.252 e. The number of aryl methyl sites for hydroxylation is 1. The summed E-state index contributed by atoms with van der Waals surface area (Å²) < 4.78 is 5.42. The normalized spacial score (nSPS) is 22.7. The molecule has 2 fully saturated rings. The number of amides is 2. The molecule has 4 heterocycles. The van der Waals surface area contributed by atoms with Gasteiger partial charge in [-0.3, -0.25) is 14.5 Å².